The van der Waals surface area contributed by atoms with Crippen LogP contribution in [-0.2, 0) is 25.7 Å². The average Bonchev–Trinajstić information content (AvgIpc) is 3.03. The van der Waals surface area contributed by atoms with E-state index in [0.29, 0.717) is 50.4 Å². The second-order valence-corrected chi connectivity index (χ2v) is 10.8. The molecule has 4 aromatic carbocycles. The third-order valence-electron chi connectivity index (χ3n) is 7.54. The molecule has 0 spiro atoms. The molecule has 0 aliphatic rings. The second-order valence-electron chi connectivity index (χ2n) is 10.8. The summed E-state index contributed by atoms with van der Waals surface area (Å²) in [7, 11) is 0. The molecular formula is C36H38F4O4. The van der Waals surface area contributed by atoms with Gasteiger partial charge in [0.25, 0.3) is 0 Å². The Hall–Kier alpha value is -4.20. The summed E-state index contributed by atoms with van der Waals surface area (Å²) in [6.45, 7) is 5.27. The van der Waals surface area contributed by atoms with Gasteiger partial charge in [0.2, 0.25) is 11.6 Å². The van der Waals surface area contributed by atoms with Gasteiger partial charge in [0, 0.05) is 0 Å². The topological polar surface area (TPSA) is 47.9 Å². The number of aryl methyl sites for hydroxylation is 4. The minimum absolute atomic E-state index is 0.0664. The van der Waals surface area contributed by atoms with E-state index in [4.69, 9.17) is 14.2 Å². The van der Waals surface area contributed by atoms with E-state index in [1.807, 2.05) is 48.5 Å². The molecule has 0 aliphatic carbocycles. The first-order valence-corrected chi connectivity index (χ1v) is 14.9. The zero-order valence-electron chi connectivity index (χ0n) is 25.1. The molecule has 44 heavy (non-hydrogen) atoms. The number of benzene rings is 4. The molecule has 4 aromatic rings. The maximum Gasteiger partial charge on any atom is 0.200 e. The molecule has 0 saturated carbocycles. The minimum Gasteiger partial charge on any atom is -0.505 e. The molecule has 0 amide bonds. The summed E-state index contributed by atoms with van der Waals surface area (Å²) < 4.78 is 72.8. The minimum atomic E-state index is -1.21. The van der Waals surface area contributed by atoms with Gasteiger partial charge in [-0.1, -0.05) is 43.3 Å². The Balaban J connectivity index is 1.11. The first-order valence-electron chi connectivity index (χ1n) is 14.9. The first-order chi connectivity index (χ1) is 21.2. The summed E-state index contributed by atoms with van der Waals surface area (Å²) in [5.74, 6) is -2.88. The van der Waals surface area contributed by atoms with Crippen LogP contribution in [-0.4, -0.2) is 24.9 Å². The summed E-state index contributed by atoms with van der Waals surface area (Å²) in [5, 5.41) is 9.26. The van der Waals surface area contributed by atoms with Gasteiger partial charge >= 0.3 is 0 Å². The predicted octanol–water partition coefficient (Wildman–Crippen LogP) is 8.79. The number of phenols is 1. The van der Waals surface area contributed by atoms with Gasteiger partial charge in [0.15, 0.2) is 23.1 Å². The zero-order valence-corrected chi connectivity index (χ0v) is 25.1. The van der Waals surface area contributed by atoms with Gasteiger partial charge in [-0.25, -0.2) is 8.78 Å². The van der Waals surface area contributed by atoms with Crippen molar-refractivity contribution in [2.75, 3.05) is 19.8 Å². The average molecular weight is 611 g/mol. The number of ether oxygens (including phenoxy) is 3. The number of halogens is 4. The molecule has 4 rings (SSSR count). The molecule has 1 atom stereocenters. The highest BCUT2D eigenvalue weighted by molar-refractivity contribution is 5.34. The van der Waals surface area contributed by atoms with Crippen molar-refractivity contribution in [3.05, 3.63) is 118 Å². The fourth-order valence-electron chi connectivity index (χ4n) is 4.77. The lowest BCUT2D eigenvalue weighted by Crippen LogP contribution is -2.08. The lowest BCUT2D eigenvalue weighted by atomic mass is 10.0. The van der Waals surface area contributed by atoms with E-state index in [1.54, 1.807) is 13.0 Å². The number of hydrogen-bond donors (Lipinski definition) is 1. The van der Waals surface area contributed by atoms with Crippen molar-refractivity contribution in [1.29, 1.82) is 0 Å². The summed E-state index contributed by atoms with van der Waals surface area (Å²) in [4.78, 5) is 0. The largest absolute Gasteiger partial charge is 0.505 e. The molecule has 0 aromatic heterocycles. The van der Waals surface area contributed by atoms with Gasteiger partial charge in [0.05, 0.1) is 19.8 Å². The molecule has 1 unspecified atom stereocenters. The fourth-order valence-corrected chi connectivity index (χ4v) is 4.77. The SMILES string of the molecule is CCOc1ccc(CCc2ccc(OCCC(C)CCOc3ccc(CCc4ccc(O)c(F)c4F)cc3)cc2)c(F)c1F. The van der Waals surface area contributed by atoms with Gasteiger partial charge < -0.3 is 19.3 Å². The van der Waals surface area contributed by atoms with Crippen molar-refractivity contribution < 1.29 is 36.9 Å². The second kappa shape index (κ2) is 16.0. The first kappa shape index (κ1) is 32.7. The van der Waals surface area contributed by atoms with Gasteiger partial charge in [-0.15, -0.1) is 0 Å². The van der Waals surface area contributed by atoms with Crippen molar-refractivity contribution in [1.82, 2.24) is 0 Å². The zero-order chi connectivity index (χ0) is 31.5. The summed E-state index contributed by atoms with van der Waals surface area (Å²) in [6.07, 6.45) is 3.53. The third-order valence-corrected chi connectivity index (χ3v) is 7.54. The van der Waals surface area contributed by atoms with E-state index in [-0.39, 0.29) is 17.9 Å². The quantitative estimate of drug-likeness (QED) is 0.129. The van der Waals surface area contributed by atoms with Gasteiger partial charge in [-0.2, -0.15) is 8.78 Å². The molecule has 8 heteroatoms. The van der Waals surface area contributed by atoms with Crippen molar-refractivity contribution in [2.24, 2.45) is 5.92 Å². The Morgan fingerprint density at radius 1 is 0.568 bits per heavy atom. The highest BCUT2D eigenvalue weighted by Crippen LogP contribution is 2.25. The molecular weight excluding hydrogens is 572 g/mol. The molecule has 0 saturated heterocycles. The van der Waals surface area contributed by atoms with Crippen molar-refractivity contribution in [3.63, 3.8) is 0 Å². The van der Waals surface area contributed by atoms with Crippen LogP contribution in [0.2, 0.25) is 0 Å². The van der Waals surface area contributed by atoms with Gasteiger partial charge in [-0.3, -0.25) is 0 Å². The van der Waals surface area contributed by atoms with Crippen LogP contribution in [0.25, 0.3) is 0 Å². The van der Waals surface area contributed by atoms with E-state index in [0.717, 1.165) is 35.5 Å². The van der Waals surface area contributed by atoms with Crippen LogP contribution in [0.15, 0.2) is 72.8 Å². The van der Waals surface area contributed by atoms with E-state index in [9.17, 15) is 22.7 Å². The molecule has 1 N–H and O–H groups in total. The summed E-state index contributed by atoms with van der Waals surface area (Å²) in [5.41, 5.74) is 2.52. The van der Waals surface area contributed by atoms with E-state index >= 15 is 0 Å². The van der Waals surface area contributed by atoms with E-state index in [2.05, 4.69) is 6.92 Å². The number of hydrogen-bond acceptors (Lipinski definition) is 4. The van der Waals surface area contributed by atoms with E-state index < -0.39 is 29.0 Å². The molecule has 0 aliphatic heterocycles. The number of phenolic OH excluding ortho intramolecular Hbond substituents is 1. The lowest BCUT2D eigenvalue weighted by molar-refractivity contribution is 0.245. The van der Waals surface area contributed by atoms with Crippen LogP contribution < -0.4 is 14.2 Å². The molecule has 0 fully saturated rings. The van der Waals surface area contributed by atoms with Crippen molar-refractivity contribution in [2.45, 2.75) is 52.4 Å². The van der Waals surface area contributed by atoms with Crippen LogP contribution in [0.5, 0.6) is 23.0 Å². The summed E-state index contributed by atoms with van der Waals surface area (Å²) >= 11 is 0. The highest BCUT2D eigenvalue weighted by Gasteiger charge is 2.15. The van der Waals surface area contributed by atoms with Crippen LogP contribution in [0.3, 0.4) is 0 Å². The Labute approximate surface area is 256 Å². The van der Waals surface area contributed by atoms with Crippen LogP contribution in [0, 0.1) is 29.2 Å². The van der Waals surface area contributed by atoms with Crippen molar-refractivity contribution >= 4 is 0 Å². The Bertz CT molecular complexity index is 1490. The Morgan fingerprint density at radius 3 is 1.55 bits per heavy atom. The van der Waals surface area contributed by atoms with Gasteiger partial charge in [0.1, 0.15) is 11.5 Å². The van der Waals surface area contributed by atoms with Crippen LogP contribution in [0.1, 0.15) is 48.9 Å². The maximum atomic E-state index is 14.3. The maximum absolute atomic E-state index is 14.3. The third kappa shape index (κ3) is 9.15. The number of rotatable bonds is 16. The normalized spacial score (nSPS) is 11.8. The molecule has 0 heterocycles. The van der Waals surface area contributed by atoms with E-state index in [1.165, 1.54) is 18.2 Å². The molecule has 0 radical (unpaired) electrons. The Kier molecular flexibility index (Phi) is 11.9. The fraction of sp³-hybridized carbons (Fsp3) is 0.333. The highest BCUT2D eigenvalue weighted by atomic mass is 19.2. The standard InChI is InChI=1S/C36H38F4O4/c1-3-42-32-19-13-28(34(38)36(32)40)11-5-26-8-16-30(17-9-26)44-23-21-24(2)20-22-43-29-14-6-25(7-15-29)4-10-27-12-18-31(41)35(39)33(27)37/h6-9,12-19,24,41H,3-5,10-11,20-23H2,1-2H3. The molecule has 0 bridgehead atoms. The predicted molar refractivity (Wildman–Crippen MR) is 163 cm³/mol. The monoisotopic (exact) mass is 610 g/mol. The Morgan fingerprint density at radius 2 is 1.05 bits per heavy atom. The molecule has 4 nitrogen and oxygen atoms in total. The lowest BCUT2D eigenvalue weighted by Gasteiger charge is -2.14. The van der Waals surface area contributed by atoms with Crippen LogP contribution >= 0.6 is 0 Å². The molecule has 234 valence electrons. The number of aromatic hydroxyl groups is 1. The van der Waals surface area contributed by atoms with Gasteiger partial charge in [-0.05, 0) is 110 Å². The van der Waals surface area contributed by atoms with Crippen molar-refractivity contribution in [3.8, 4) is 23.0 Å². The van der Waals surface area contributed by atoms with Crippen LogP contribution in [0.4, 0.5) is 17.6 Å². The smallest absolute Gasteiger partial charge is 0.200 e. The summed E-state index contributed by atoms with van der Waals surface area (Å²) in [6, 6.07) is 20.8.